The van der Waals surface area contributed by atoms with Crippen molar-refractivity contribution >= 4 is 22.7 Å². The van der Waals surface area contributed by atoms with E-state index in [2.05, 4.69) is 24.3 Å². The number of Topliss-reactive ketones (excluding diaryl/α,β-unsaturated/α-hetero) is 1. The Kier molecular flexibility index (Phi) is 6.40. The predicted octanol–water partition coefficient (Wildman–Crippen LogP) is 6.72. The smallest absolute Gasteiger partial charge is 0.339 e. The van der Waals surface area contributed by atoms with Crippen molar-refractivity contribution in [2.75, 3.05) is 6.61 Å². The van der Waals surface area contributed by atoms with Crippen LogP contribution in [0.1, 0.15) is 74.7 Å². The lowest BCUT2D eigenvalue weighted by Crippen LogP contribution is -2.26. The Morgan fingerprint density at radius 1 is 0.969 bits per heavy atom. The van der Waals surface area contributed by atoms with Crippen LogP contribution in [0, 0.1) is 5.41 Å². The molecule has 1 saturated carbocycles. The fourth-order valence-electron chi connectivity index (χ4n) is 4.28. The Morgan fingerprint density at radius 3 is 2.34 bits per heavy atom. The van der Waals surface area contributed by atoms with Crippen molar-refractivity contribution in [2.45, 2.75) is 58.8 Å². The number of pyridine rings is 1. The fourth-order valence-corrected chi connectivity index (χ4v) is 4.28. The van der Waals surface area contributed by atoms with Gasteiger partial charge < -0.3 is 4.74 Å². The van der Waals surface area contributed by atoms with Crippen molar-refractivity contribution in [3.63, 3.8) is 0 Å². The van der Waals surface area contributed by atoms with Gasteiger partial charge >= 0.3 is 5.97 Å². The minimum absolute atomic E-state index is 0.109. The average molecular weight is 430 g/mol. The zero-order valence-electron chi connectivity index (χ0n) is 19.2. The molecule has 1 aliphatic rings. The van der Waals surface area contributed by atoms with E-state index in [9.17, 15) is 9.59 Å². The first-order valence-electron chi connectivity index (χ1n) is 11.5. The minimum atomic E-state index is -0.550. The highest BCUT2D eigenvalue weighted by atomic mass is 16.5. The van der Waals surface area contributed by atoms with Gasteiger partial charge in [-0.3, -0.25) is 4.79 Å². The van der Waals surface area contributed by atoms with E-state index in [1.807, 2.05) is 45.0 Å². The highest BCUT2D eigenvalue weighted by molar-refractivity contribution is 6.05. The first-order valence-corrected chi connectivity index (χ1v) is 11.5. The third-order valence-electron chi connectivity index (χ3n) is 6.39. The van der Waals surface area contributed by atoms with Crippen molar-refractivity contribution in [3.8, 4) is 11.3 Å². The molecule has 32 heavy (non-hydrogen) atoms. The van der Waals surface area contributed by atoms with E-state index >= 15 is 0 Å². The number of hydrogen-bond donors (Lipinski definition) is 0. The van der Waals surface area contributed by atoms with Crippen LogP contribution in [0.25, 0.3) is 22.2 Å². The normalized spacial score (nSPS) is 15.0. The highest BCUT2D eigenvalue weighted by Crippen LogP contribution is 2.34. The summed E-state index contributed by atoms with van der Waals surface area (Å²) in [7, 11) is 0. The lowest BCUT2D eigenvalue weighted by Gasteiger charge is -2.22. The molecular weight excluding hydrogens is 398 g/mol. The number of hydrogen-bond acceptors (Lipinski definition) is 4. The molecule has 1 heterocycles. The Morgan fingerprint density at radius 2 is 1.66 bits per heavy atom. The van der Waals surface area contributed by atoms with Crippen LogP contribution in [0.2, 0.25) is 0 Å². The van der Waals surface area contributed by atoms with Crippen molar-refractivity contribution in [3.05, 3.63) is 65.7 Å². The quantitative estimate of drug-likeness (QED) is 0.422. The summed E-state index contributed by atoms with van der Waals surface area (Å²) < 4.78 is 5.40. The van der Waals surface area contributed by atoms with E-state index in [0.29, 0.717) is 11.5 Å². The number of para-hydroxylation sites is 1. The maximum absolute atomic E-state index is 12.9. The first kappa shape index (κ1) is 22.2. The van der Waals surface area contributed by atoms with Crippen molar-refractivity contribution in [1.82, 2.24) is 4.98 Å². The summed E-state index contributed by atoms with van der Waals surface area (Å²) in [4.78, 5) is 29.9. The number of aromatic nitrogens is 1. The topological polar surface area (TPSA) is 56.3 Å². The molecule has 0 atom stereocenters. The molecule has 4 heteroatoms. The number of rotatable bonds is 5. The Hall–Kier alpha value is -3.01. The number of ketones is 1. The molecule has 4 nitrogen and oxygen atoms in total. The fraction of sp³-hybridized carbons (Fsp3) is 0.393. The zero-order valence-corrected chi connectivity index (χ0v) is 19.2. The SMILES string of the molecule is CC(C)(C)C(=O)COC(=O)c1cc(-c2ccc(C3CCCCC3)cc2)nc2ccccc12. The van der Waals surface area contributed by atoms with Crippen molar-refractivity contribution in [2.24, 2.45) is 5.41 Å². The summed E-state index contributed by atoms with van der Waals surface area (Å²) in [6.45, 7) is 5.23. The Bertz CT molecular complexity index is 1120. The van der Waals surface area contributed by atoms with Gasteiger partial charge in [-0.25, -0.2) is 9.78 Å². The molecule has 3 aromatic rings. The van der Waals surface area contributed by atoms with Crippen LogP contribution >= 0.6 is 0 Å². The third-order valence-corrected chi connectivity index (χ3v) is 6.39. The van der Waals surface area contributed by atoms with E-state index in [1.54, 1.807) is 6.07 Å². The standard InChI is InChI=1S/C28H31NO3/c1-28(2,3)26(30)18-32-27(31)23-17-25(29-24-12-8-7-11-22(23)24)21-15-13-20(14-16-21)19-9-5-4-6-10-19/h7-8,11-17,19H,4-6,9-10,18H2,1-3H3. The number of carbonyl (C=O) groups is 2. The first-order chi connectivity index (χ1) is 15.3. The van der Waals surface area contributed by atoms with E-state index in [0.717, 1.165) is 22.2 Å². The molecule has 0 unspecified atom stereocenters. The lowest BCUT2D eigenvalue weighted by molar-refractivity contribution is -0.129. The molecule has 2 aromatic carbocycles. The van der Waals surface area contributed by atoms with Crippen LogP contribution in [0.15, 0.2) is 54.6 Å². The van der Waals surface area contributed by atoms with Crippen LogP contribution in [0.4, 0.5) is 0 Å². The van der Waals surface area contributed by atoms with Crippen LogP contribution in [-0.4, -0.2) is 23.3 Å². The summed E-state index contributed by atoms with van der Waals surface area (Å²) >= 11 is 0. The van der Waals surface area contributed by atoms with Crippen molar-refractivity contribution < 1.29 is 14.3 Å². The minimum Gasteiger partial charge on any atom is -0.454 e. The van der Waals surface area contributed by atoms with Crippen LogP contribution in [0.3, 0.4) is 0 Å². The van der Waals surface area contributed by atoms with Gasteiger partial charge in [-0.15, -0.1) is 0 Å². The van der Waals surface area contributed by atoms with E-state index in [4.69, 9.17) is 9.72 Å². The number of esters is 1. The second-order valence-corrected chi connectivity index (χ2v) is 9.78. The molecule has 0 radical (unpaired) electrons. The number of carbonyl (C=O) groups excluding carboxylic acids is 2. The van der Waals surface area contributed by atoms with Gasteiger partial charge in [0.2, 0.25) is 0 Å². The van der Waals surface area contributed by atoms with Gasteiger partial charge in [0.25, 0.3) is 0 Å². The summed E-state index contributed by atoms with van der Waals surface area (Å²) in [5.41, 5.74) is 3.70. The average Bonchev–Trinajstić information content (AvgIpc) is 2.81. The van der Waals surface area contributed by atoms with Gasteiger partial charge in [-0.1, -0.05) is 82.5 Å². The maximum atomic E-state index is 12.9. The summed E-state index contributed by atoms with van der Waals surface area (Å²) in [6.07, 6.45) is 6.48. The van der Waals surface area contributed by atoms with Crippen LogP contribution in [0.5, 0.6) is 0 Å². The summed E-state index contributed by atoms with van der Waals surface area (Å²) in [5, 5.41) is 0.725. The van der Waals surface area contributed by atoms with Crippen LogP contribution in [-0.2, 0) is 9.53 Å². The molecule has 4 rings (SSSR count). The third kappa shape index (κ3) is 4.90. The molecule has 1 aliphatic carbocycles. The summed E-state index contributed by atoms with van der Waals surface area (Å²) in [6, 6.07) is 17.9. The lowest BCUT2D eigenvalue weighted by atomic mass is 9.84. The largest absolute Gasteiger partial charge is 0.454 e. The Balaban J connectivity index is 1.63. The molecule has 166 valence electrons. The number of fused-ring (bicyclic) bond motifs is 1. The Labute approximate surface area is 190 Å². The van der Waals surface area contributed by atoms with E-state index in [1.165, 1.54) is 37.7 Å². The van der Waals surface area contributed by atoms with Crippen LogP contribution < -0.4 is 0 Å². The van der Waals surface area contributed by atoms with E-state index in [-0.39, 0.29) is 12.4 Å². The number of ether oxygens (including phenoxy) is 1. The molecular formula is C28H31NO3. The van der Waals surface area contributed by atoms with Gasteiger partial charge in [-0.2, -0.15) is 0 Å². The zero-order chi connectivity index (χ0) is 22.7. The molecule has 0 spiro atoms. The highest BCUT2D eigenvalue weighted by Gasteiger charge is 2.24. The molecule has 1 aromatic heterocycles. The van der Waals surface area contributed by atoms with Crippen molar-refractivity contribution in [1.29, 1.82) is 0 Å². The van der Waals surface area contributed by atoms with Gasteiger partial charge in [-0.05, 0) is 36.5 Å². The van der Waals surface area contributed by atoms with E-state index < -0.39 is 11.4 Å². The molecule has 0 aliphatic heterocycles. The number of nitrogens with zero attached hydrogens (tertiary/aromatic N) is 1. The summed E-state index contributed by atoms with van der Waals surface area (Å²) in [5.74, 6) is 0.0391. The predicted molar refractivity (Wildman–Crippen MR) is 128 cm³/mol. The molecule has 0 saturated heterocycles. The maximum Gasteiger partial charge on any atom is 0.339 e. The van der Waals surface area contributed by atoms with Gasteiger partial charge in [0.1, 0.15) is 0 Å². The molecule has 1 fully saturated rings. The van der Waals surface area contributed by atoms with Gasteiger partial charge in [0.15, 0.2) is 12.4 Å². The molecule has 0 amide bonds. The molecule has 0 bridgehead atoms. The second kappa shape index (κ2) is 9.23. The molecule has 0 N–H and O–H groups in total. The van der Waals surface area contributed by atoms with Gasteiger partial charge in [0.05, 0.1) is 16.8 Å². The number of benzene rings is 2. The van der Waals surface area contributed by atoms with Gasteiger partial charge in [0, 0.05) is 16.4 Å². The second-order valence-electron chi connectivity index (χ2n) is 9.78. The monoisotopic (exact) mass is 429 g/mol.